The van der Waals surface area contributed by atoms with E-state index in [1.165, 1.54) is 0 Å². The highest BCUT2D eigenvalue weighted by Gasteiger charge is 2.21. The third-order valence-electron chi connectivity index (χ3n) is 3.48. The van der Waals surface area contributed by atoms with Crippen molar-refractivity contribution in [1.82, 2.24) is 9.80 Å². The quantitative estimate of drug-likeness (QED) is 0.798. The van der Waals surface area contributed by atoms with Gasteiger partial charge in [0.1, 0.15) is 0 Å². The average Bonchev–Trinajstić information content (AvgIpc) is 2.39. The van der Waals surface area contributed by atoms with E-state index in [1.54, 1.807) is 0 Å². The van der Waals surface area contributed by atoms with Crippen molar-refractivity contribution in [2.24, 2.45) is 0 Å². The number of anilines is 1. The summed E-state index contributed by atoms with van der Waals surface area (Å²) in [6, 6.07) is 7.66. The van der Waals surface area contributed by atoms with Crippen molar-refractivity contribution in [2.45, 2.75) is 33.4 Å². The fraction of sp³-hybridized carbons (Fsp3) is 0.533. The van der Waals surface area contributed by atoms with Crippen LogP contribution >= 0.6 is 0 Å². The molecule has 1 aromatic carbocycles. The molecule has 0 bridgehead atoms. The standard InChI is InChI=1S/C15H25N3O/c1-5-18(6-2)15(19)12(3)17(4)11-13-8-7-9-14(16)10-13/h7-10,12H,5-6,11,16H2,1-4H3. The molecule has 2 N–H and O–H groups in total. The van der Waals surface area contributed by atoms with Gasteiger partial charge in [-0.25, -0.2) is 0 Å². The lowest BCUT2D eigenvalue weighted by molar-refractivity contribution is -0.135. The van der Waals surface area contributed by atoms with E-state index in [9.17, 15) is 4.79 Å². The Bertz CT molecular complexity index is 416. The molecule has 19 heavy (non-hydrogen) atoms. The van der Waals surface area contributed by atoms with Crippen LogP contribution in [0.5, 0.6) is 0 Å². The molecule has 0 fully saturated rings. The molecule has 106 valence electrons. The Morgan fingerprint density at radius 3 is 2.47 bits per heavy atom. The van der Waals surface area contributed by atoms with Gasteiger partial charge in [-0.15, -0.1) is 0 Å². The van der Waals surface area contributed by atoms with Crippen molar-refractivity contribution in [3.8, 4) is 0 Å². The molecular weight excluding hydrogens is 238 g/mol. The smallest absolute Gasteiger partial charge is 0.239 e. The predicted octanol–water partition coefficient (Wildman–Crippen LogP) is 1.96. The van der Waals surface area contributed by atoms with E-state index in [1.807, 2.05) is 57.0 Å². The molecule has 0 spiro atoms. The van der Waals surface area contributed by atoms with Gasteiger partial charge in [-0.1, -0.05) is 12.1 Å². The van der Waals surface area contributed by atoms with E-state index in [2.05, 4.69) is 4.90 Å². The Balaban J connectivity index is 2.67. The van der Waals surface area contributed by atoms with Crippen molar-refractivity contribution < 1.29 is 4.79 Å². The van der Waals surface area contributed by atoms with E-state index in [0.717, 1.165) is 30.9 Å². The number of carbonyl (C=O) groups excluding carboxylic acids is 1. The molecule has 0 aliphatic heterocycles. The lowest BCUT2D eigenvalue weighted by atomic mass is 10.1. The second-order valence-electron chi connectivity index (χ2n) is 4.85. The van der Waals surface area contributed by atoms with Crippen LogP contribution in [0.2, 0.25) is 0 Å². The molecule has 1 unspecified atom stereocenters. The van der Waals surface area contributed by atoms with Gasteiger partial charge in [0.05, 0.1) is 6.04 Å². The van der Waals surface area contributed by atoms with Gasteiger partial charge >= 0.3 is 0 Å². The Morgan fingerprint density at radius 1 is 1.32 bits per heavy atom. The summed E-state index contributed by atoms with van der Waals surface area (Å²) in [5, 5.41) is 0. The molecule has 1 amide bonds. The summed E-state index contributed by atoms with van der Waals surface area (Å²) in [6.07, 6.45) is 0. The first-order valence-corrected chi connectivity index (χ1v) is 6.83. The van der Waals surface area contributed by atoms with Crippen LogP contribution in [-0.4, -0.2) is 41.9 Å². The fourth-order valence-electron chi connectivity index (χ4n) is 2.10. The number of amides is 1. The lowest BCUT2D eigenvalue weighted by Crippen LogP contribution is -2.45. The molecule has 4 heteroatoms. The van der Waals surface area contributed by atoms with Crippen LogP contribution in [0.3, 0.4) is 0 Å². The largest absolute Gasteiger partial charge is 0.399 e. The van der Waals surface area contributed by atoms with Crippen molar-refractivity contribution in [2.75, 3.05) is 25.9 Å². The van der Waals surface area contributed by atoms with Gasteiger partial charge in [0.15, 0.2) is 0 Å². The van der Waals surface area contributed by atoms with E-state index >= 15 is 0 Å². The fourth-order valence-corrected chi connectivity index (χ4v) is 2.10. The molecular formula is C15H25N3O. The van der Waals surface area contributed by atoms with E-state index < -0.39 is 0 Å². The molecule has 1 atom stereocenters. The molecule has 4 nitrogen and oxygen atoms in total. The van der Waals surface area contributed by atoms with Crippen LogP contribution in [0.1, 0.15) is 26.3 Å². The SMILES string of the molecule is CCN(CC)C(=O)C(C)N(C)Cc1cccc(N)c1. The van der Waals surface area contributed by atoms with Gasteiger partial charge in [-0.05, 0) is 45.5 Å². The Labute approximate surface area is 116 Å². The number of hydrogen-bond acceptors (Lipinski definition) is 3. The van der Waals surface area contributed by atoms with Crippen LogP contribution in [0.25, 0.3) is 0 Å². The molecule has 0 saturated heterocycles. The maximum atomic E-state index is 12.3. The molecule has 1 aromatic rings. The summed E-state index contributed by atoms with van der Waals surface area (Å²) in [5.41, 5.74) is 7.65. The minimum absolute atomic E-state index is 0.124. The molecule has 1 rings (SSSR count). The Morgan fingerprint density at radius 2 is 1.95 bits per heavy atom. The summed E-state index contributed by atoms with van der Waals surface area (Å²) < 4.78 is 0. The van der Waals surface area contributed by atoms with Crippen LogP contribution in [0.4, 0.5) is 5.69 Å². The second kappa shape index (κ2) is 7.14. The molecule has 0 aromatic heterocycles. The molecule has 0 aliphatic rings. The maximum Gasteiger partial charge on any atom is 0.239 e. The summed E-state index contributed by atoms with van der Waals surface area (Å²) >= 11 is 0. The number of nitrogens with two attached hydrogens (primary N) is 1. The van der Waals surface area contributed by atoms with Crippen molar-refractivity contribution >= 4 is 11.6 Å². The maximum absolute atomic E-state index is 12.3. The van der Waals surface area contributed by atoms with Gasteiger partial charge in [0.25, 0.3) is 0 Å². The minimum atomic E-state index is -0.124. The van der Waals surface area contributed by atoms with Crippen LogP contribution in [-0.2, 0) is 11.3 Å². The molecule has 0 saturated carbocycles. The zero-order valence-corrected chi connectivity index (χ0v) is 12.4. The number of rotatable bonds is 6. The Kier molecular flexibility index (Phi) is 5.83. The summed E-state index contributed by atoms with van der Waals surface area (Å²) in [6.45, 7) is 8.20. The number of benzene rings is 1. The van der Waals surface area contributed by atoms with Gasteiger partial charge in [-0.3, -0.25) is 9.69 Å². The first-order valence-electron chi connectivity index (χ1n) is 6.83. The molecule has 0 radical (unpaired) electrons. The topological polar surface area (TPSA) is 49.6 Å². The van der Waals surface area contributed by atoms with Crippen molar-refractivity contribution in [3.05, 3.63) is 29.8 Å². The van der Waals surface area contributed by atoms with Crippen molar-refractivity contribution in [3.63, 3.8) is 0 Å². The molecule has 0 heterocycles. The third kappa shape index (κ3) is 4.24. The van der Waals surface area contributed by atoms with Gasteiger partial charge in [0.2, 0.25) is 5.91 Å². The van der Waals surface area contributed by atoms with Crippen LogP contribution < -0.4 is 5.73 Å². The van der Waals surface area contributed by atoms with Gasteiger partial charge in [0, 0.05) is 25.3 Å². The first kappa shape index (κ1) is 15.5. The number of nitrogen functional groups attached to an aromatic ring is 1. The van der Waals surface area contributed by atoms with Gasteiger partial charge in [-0.2, -0.15) is 0 Å². The van der Waals surface area contributed by atoms with Crippen LogP contribution in [0.15, 0.2) is 24.3 Å². The summed E-state index contributed by atoms with van der Waals surface area (Å²) in [5.74, 6) is 0.177. The molecule has 0 aliphatic carbocycles. The third-order valence-corrected chi connectivity index (χ3v) is 3.48. The lowest BCUT2D eigenvalue weighted by Gasteiger charge is -2.29. The first-order chi connectivity index (χ1) is 8.99. The number of carbonyl (C=O) groups is 1. The highest BCUT2D eigenvalue weighted by atomic mass is 16.2. The zero-order valence-electron chi connectivity index (χ0n) is 12.4. The summed E-state index contributed by atoms with van der Waals surface area (Å²) in [4.78, 5) is 16.2. The monoisotopic (exact) mass is 263 g/mol. The van der Waals surface area contributed by atoms with E-state index in [0.29, 0.717) is 0 Å². The minimum Gasteiger partial charge on any atom is -0.399 e. The summed E-state index contributed by atoms with van der Waals surface area (Å²) in [7, 11) is 1.97. The van der Waals surface area contributed by atoms with Crippen LogP contribution in [0, 0.1) is 0 Å². The van der Waals surface area contributed by atoms with E-state index in [4.69, 9.17) is 5.73 Å². The average molecular weight is 263 g/mol. The predicted molar refractivity (Wildman–Crippen MR) is 79.7 cm³/mol. The van der Waals surface area contributed by atoms with E-state index in [-0.39, 0.29) is 11.9 Å². The number of nitrogens with zero attached hydrogens (tertiary/aromatic N) is 2. The van der Waals surface area contributed by atoms with Gasteiger partial charge < -0.3 is 10.6 Å². The second-order valence-corrected chi connectivity index (χ2v) is 4.85. The highest BCUT2D eigenvalue weighted by Crippen LogP contribution is 2.11. The van der Waals surface area contributed by atoms with Crippen molar-refractivity contribution in [1.29, 1.82) is 0 Å². The number of hydrogen-bond donors (Lipinski definition) is 1. The zero-order chi connectivity index (χ0) is 14.4. The normalized spacial score (nSPS) is 12.5. The Hall–Kier alpha value is -1.55. The number of likely N-dealkylation sites (N-methyl/N-ethyl adjacent to an activating group) is 2. The highest BCUT2D eigenvalue weighted by molar-refractivity contribution is 5.81.